The van der Waals surface area contributed by atoms with Crippen LogP contribution in [-0.4, -0.2) is 10.8 Å². The van der Waals surface area contributed by atoms with E-state index in [1.54, 1.807) is 12.1 Å². The Labute approximate surface area is 94.4 Å². The Morgan fingerprint density at radius 2 is 2.14 bits per heavy atom. The maximum absolute atomic E-state index is 11.1. The number of H-pyrrole nitrogens is 1. The van der Waals surface area contributed by atoms with Gasteiger partial charge in [-0.3, -0.25) is 4.79 Å². The summed E-state index contributed by atoms with van der Waals surface area (Å²) >= 11 is 9.35. The molecule has 0 fully saturated rings. The van der Waals surface area contributed by atoms with E-state index in [9.17, 15) is 4.79 Å². The maximum Gasteiger partial charge on any atom is 0.175 e. The number of benzene rings is 1. The number of halogens is 2. The van der Waals surface area contributed by atoms with Gasteiger partial charge in [-0.25, -0.2) is 0 Å². The third-order valence-corrected chi connectivity index (χ3v) is 2.78. The minimum absolute atomic E-state index is 0.00777. The summed E-state index contributed by atoms with van der Waals surface area (Å²) in [5.41, 5.74) is 1.39. The standard InChI is InChI=1S/C10H7BrClNO/c1-5(14)9-3-6-2-7(11)4-8(12)10(6)13-9/h2-4,13H,1H3. The molecule has 2 rings (SSSR count). The SMILES string of the molecule is CC(=O)c1cc2cc(Br)cc(Cl)c2[nH]1. The van der Waals surface area contributed by atoms with Gasteiger partial charge in [0.1, 0.15) is 0 Å². The first-order chi connectivity index (χ1) is 6.58. The summed E-state index contributed by atoms with van der Waals surface area (Å²) in [5, 5.41) is 1.55. The molecule has 0 aliphatic carbocycles. The molecule has 0 atom stereocenters. The van der Waals surface area contributed by atoms with E-state index in [0.717, 1.165) is 15.4 Å². The second-order valence-corrected chi connectivity index (χ2v) is 4.41. The Hall–Kier alpha value is -0.800. The molecule has 1 N–H and O–H groups in total. The molecule has 1 aromatic heterocycles. The second-order valence-electron chi connectivity index (χ2n) is 3.09. The molecule has 0 amide bonds. The first-order valence-electron chi connectivity index (χ1n) is 4.06. The summed E-state index contributed by atoms with van der Waals surface area (Å²) in [4.78, 5) is 14.1. The van der Waals surface area contributed by atoms with Gasteiger partial charge in [-0.1, -0.05) is 27.5 Å². The first-order valence-corrected chi connectivity index (χ1v) is 5.24. The van der Waals surface area contributed by atoms with Gasteiger partial charge in [-0.2, -0.15) is 0 Å². The number of aromatic nitrogens is 1. The first kappa shape index (κ1) is 9.74. The fraction of sp³-hybridized carbons (Fsp3) is 0.100. The van der Waals surface area contributed by atoms with Gasteiger partial charge in [-0.05, 0) is 18.2 Å². The second kappa shape index (κ2) is 3.41. The monoisotopic (exact) mass is 271 g/mol. The van der Waals surface area contributed by atoms with Gasteiger partial charge in [0.15, 0.2) is 5.78 Å². The minimum atomic E-state index is 0.00777. The molecule has 0 aliphatic heterocycles. The molecular weight excluding hydrogens is 265 g/mol. The number of Topliss-reactive ketones (excluding diaryl/α,β-unsaturated/α-hetero) is 1. The van der Waals surface area contributed by atoms with Crippen molar-refractivity contribution in [2.24, 2.45) is 0 Å². The third-order valence-electron chi connectivity index (χ3n) is 2.02. The van der Waals surface area contributed by atoms with Gasteiger partial charge < -0.3 is 4.98 Å². The normalized spacial score (nSPS) is 10.8. The molecule has 14 heavy (non-hydrogen) atoms. The van der Waals surface area contributed by atoms with Crippen molar-refractivity contribution in [1.29, 1.82) is 0 Å². The van der Waals surface area contributed by atoms with E-state index in [4.69, 9.17) is 11.6 Å². The lowest BCUT2D eigenvalue weighted by Crippen LogP contribution is -1.89. The lowest BCUT2D eigenvalue weighted by molar-refractivity contribution is 0.101. The van der Waals surface area contributed by atoms with E-state index < -0.39 is 0 Å². The number of carbonyl (C=O) groups excluding carboxylic acids is 1. The number of hydrogen-bond donors (Lipinski definition) is 1. The average Bonchev–Trinajstić information content (AvgIpc) is 2.47. The molecule has 0 radical (unpaired) electrons. The minimum Gasteiger partial charge on any atom is -0.351 e. The molecule has 4 heteroatoms. The molecule has 72 valence electrons. The summed E-state index contributed by atoms with van der Waals surface area (Å²) in [6.45, 7) is 1.52. The van der Waals surface area contributed by atoms with Gasteiger partial charge in [0.2, 0.25) is 0 Å². The molecule has 0 bridgehead atoms. The zero-order chi connectivity index (χ0) is 10.3. The van der Waals surface area contributed by atoms with Crippen molar-refractivity contribution in [2.45, 2.75) is 6.92 Å². The molecule has 2 nitrogen and oxygen atoms in total. The van der Waals surface area contributed by atoms with Crippen LogP contribution in [0.25, 0.3) is 10.9 Å². The van der Waals surface area contributed by atoms with Crippen LogP contribution < -0.4 is 0 Å². The fourth-order valence-electron chi connectivity index (χ4n) is 1.36. The quantitative estimate of drug-likeness (QED) is 0.787. The number of ketones is 1. The van der Waals surface area contributed by atoms with E-state index in [2.05, 4.69) is 20.9 Å². The van der Waals surface area contributed by atoms with Crippen LogP contribution in [0.2, 0.25) is 5.02 Å². The van der Waals surface area contributed by atoms with Crippen LogP contribution in [0.3, 0.4) is 0 Å². The molecule has 0 unspecified atom stereocenters. The molecule has 2 aromatic rings. The average molecular weight is 273 g/mol. The number of hydrogen-bond acceptors (Lipinski definition) is 1. The van der Waals surface area contributed by atoms with Gasteiger partial charge in [0.05, 0.1) is 16.2 Å². The van der Waals surface area contributed by atoms with Crippen molar-refractivity contribution in [3.8, 4) is 0 Å². The van der Waals surface area contributed by atoms with Gasteiger partial charge >= 0.3 is 0 Å². The maximum atomic E-state index is 11.1. The Morgan fingerprint density at radius 3 is 2.79 bits per heavy atom. The fourth-order valence-corrected chi connectivity index (χ4v) is 2.24. The lowest BCUT2D eigenvalue weighted by atomic mass is 10.2. The summed E-state index contributed by atoms with van der Waals surface area (Å²) in [7, 11) is 0. The molecular formula is C10H7BrClNO. The topological polar surface area (TPSA) is 32.9 Å². The highest BCUT2D eigenvalue weighted by molar-refractivity contribution is 9.10. The number of aromatic amines is 1. The predicted octanol–water partition coefficient (Wildman–Crippen LogP) is 3.79. The van der Waals surface area contributed by atoms with E-state index >= 15 is 0 Å². The lowest BCUT2D eigenvalue weighted by Gasteiger charge is -1.94. The summed E-state index contributed by atoms with van der Waals surface area (Å²) in [6, 6.07) is 5.52. The Kier molecular flexibility index (Phi) is 2.37. The van der Waals surface area contributed by atoms with Crippen LogP contribution in [0.4, 0.5) is 0 Å². The van der Waals surface area contributed by atoms with Crippen molar-refractivity contribution < 1.29 is 4.79 Å². The highest BCUT2D eigenvalue weighted by Gasteiger charge is 2.08. The number of nitrogens with one attached hydrogen (secondary N) is 1. The van der Waals surface area contributed by atoms with E-state index in [0.29, 0.717) is 10.7 Å². The van der Waals surface area contributed by atoms with Crippen molar-refractivity contribution in [3.05, 3.63) is 33.4 Å². The number of carbonyl (C=O) groups is 1. The largest absolute Gasteiger partial charge is 0.351 e. The Morgan fingerprint density at radius 1 is 1.43 bits per heavy atom. The van der Waals surface area contributed by atoms with Crippen LogP contribution in [-0.2, 0) is 0 Å². The highest BCUT2D eigenvalue weighted by Crippen LogP contribution is 2.28. The summed E-state index contributed by atoms with van der Waals surface area (Å²) in [6.07, 6.45) is 0. The molecule has 0 aliphatic rings. The summed E-state index contributed by atoms with van der Waals surface area (Å²) in [5.74, 6) is 0.00777. The van der Waals surface area contributed by atoms with Gasteiger partial charge in [0, 0.05) is 16.8 Å². The molecule has 1 heterocycles. The Bertz CT molecular complexity index is 518. The van der Waals surface area contributed by atoms with Crippen molar-refractivity contribution in [1.82, 2.24) is 4.98 Å². The van der Waals surface area contributed by atoms with Gasteiger partial charge in [-0.15, -0.1) is 0 Å². The van der Waals surface area contributed by atoms with Crippen molar-refractivity contribution in [2.75, 3.05) is 0 Å². The summed E-state index contributed by atoms with van der Waals surface area (Å²) < 4.78 is 0.907. The predicted molar refractivity (Wildman–Crippen MR) is 61.0 cm³/mol. The molecule has 0 saturated heterocycles. The molecule has 0 saturated carbocycles. The smallest absolute Gasteiger partial charge is 0.175 e. The van der Waals surface area contributed by atoms with E-state index in [1.165, 1.54) is 6.92 Å². The van der Waals surface area contributed by atoms with Gasteiger partial charge in [0.25, 0.3) is 0 Å². The van der Waals surface area contributed by atoms with Crippen molar-refractivity contribution >= 4 is 44.2 Å². The zero-order valence-electron chi connectivity index (χ0n) is 7.40. The van der Waals surface area contributed by atoms with Crippen LogP contribution >= 0.6 is 27.5 Å². The van der Waals surface area contributed by atoms with Crippen LogP contribution in [0, 0.1) is 0 Å². The highest BCUT2D eigenvalue weighted by atomic mass is 79.9. The van der Waals surface area contributed by atoms with Crippen LogP contribution in [0.5, 0.6) is 0 Å². The van der Waals surface area contributed by atoms with Crippen LogP contribution in [0.15, 0.2) is 22.7 Å². The van der Waals surface area contributed by atoms with Crippen molar-refractivity contribution in [3.63, 3.8) is 0 Å². The van der Waals surface area contributed by atoms with E-state index in [1.807, 2.05) is 6.07 Å². The molecule has 0 spiro atoms. The van der Waals surface area contributed by atoms with E-state index in [-0.39, 0.29) is 5.78 Å². The number of rotatable bonds is 1. The zero-order valence-corrected chi connectivity index (χ0v) is 9.74. The Balaban J connectivity index is 2.76. The number of fused-ring (bicyclic) bond motifs is 1. The van der Waals surface area contributed by atoms with Crippen LogP contribution in [0.1, 0.15) is 17.4 Å². The molecule has 1 aromatic carbocycles. The third kappa shape index (κ3) is 1.57.